The first-order valence-corrected chi connectivity index (χ1v) is 10.9. The third-order valence-electron chi connectivity index (χ3n) is 5.02. The Labute approximate surface area is 166 Å². The molecular weight excluding hydrogens is 380 g/mol. The number of hydrogen-bond donors (Lipinski definition) is 2. The number of nitrogens with one attached hydrogen (secondary N) is 2. The molecule has 0 fully saturated rings. The Morgan fingerprint density at radius 3 is 1.62 bits per heavy atom. The van der Waals surface area contributed by atoms with Gasteiger partial charge < -0.3 is 10.6 Å². The van der Waals surface area contributed by atoms with Gasteiger partial charge in [-0.1, -0.05) is 0 Å². The van der Waals surface area contributed by atoms with Crippen molar-refractivity contribution < 1.29 is 0 Å². The highest BCUT2D eigenvalue weighted by molar-refractivity contribution is 7.80. The molecule has 0 saturated heterocycles. The summed E-state index contributed by atoms with van der Waals surface area (Å²) < 4.78 is 0. The average molecular weight is 399 g/mol. The van der Waals surface area contributed by atoms with Crippen LogP contribution in [0.4, 0.5) is 10.0 Å². The summed E-state index contributed by atoms with van der Waals surface area (Å²) in [7, 11) is 0. The molecule has 0 radical (unpaired) electrons. The van der Waals surface area contributed by atoms with Gasteiger partial charge in [-0.05, 0) is 74.7 Å². The van der Waals surface area contributed by atoms with Crippen LogP contribution in [0.2, 0.25) is 0 Å². The van der Waals surface area contributed by atoms with Crippen molar-refractivity contribution in [2.45, 2.75) is 51.4 Å². The van der Waals surface area contributed by atoms with E-state index in [-0.39, 0.29) is 0 Å². The predicted octanol–water partition coefficient (Wildman–Crippen LogP) is 5.12. The van der Waals surface area contributed by atoms with Gasteiger partial charge in [-0.25, -0.2) is 0 Å². The molecule has 0 spiro atoms. The second kappa shape index (κ2) is 7.36. The van der Waals surface area contributed by atoms with Gasteiger partial charge in [-0.15, -0.1) is 22.7 Å². The van der Waals surface area contributed by atoms with Gasteiger partial charge in [0.15, 0.2) is 5.11 Å². The molecule has 2 aromatic rings. The molecular formula is C19H18N4S3. The summed E-state index contributed by atoms with van der Waals surface area (Å²) in [5.74, 6) is 0. The first-order valence-electron chi connectivity index (χ1n) is 8.88. The summed E-state index contributed by atoms with van der Waals surface area (Å²) in [4.78, 5) is 2.62. The van der Waals surface area contributed by atoms with Gasteiger partial charge in [0.2, 0.25) is 0 Å². The van der Waals surface area contributed by atoms with Crippen molar-refractivity contribution in [1.82, 2.24) is 0 Å². The highest BCUT2D eigenvalue weighted by atomic mass is 32.1. The van der Waals surface area contributed by atoms with Crippen LogP contribution in [0.5, 0.6) is 0 Å². The lowest BCUT2D eigenvalue weighted by atomic mass is 9.96. The molecule has 2 aliphatic carbocycles. The molecule has 132 valence electrons. The molecule has 2 N–H and O–H groups in total. The Hall–Kier alpha value is -1.93. The zero-order valence-electron chi connectivity index (χ0n) is 14.3. The maximum Gasteiger partial charge on any atom is 0.176 e. The fraction of sp³-hybridized carbons (Fsp3) is 0.421. The summed E-state index contributed by atoms with van der Waals surface area (Å²) >= 11 is 8.77. The van der Waals surface area contributed by atoms with Crippen molar-refractivity contribution in [3.63, 3.8) is 0 Å². The van der Waals surface area contributed by atoms with Crippen LogP contribution in [0, 0.1) is 22.7 Å². The van der Waals surface area contributed by atoms with Gasteiger partial charge >= 0.3 is 0 Å². The first kappa shape index (κ1) is 17.5. The van der Waals surface area contributed by atoms with E-state index in [9.17, 15) is 10.5 Å². The minimum atomic E-state index is 0.454. The predicted molar refractivity (Wildman–Crippen MR) is 111 cm³/mol. The maximum atomic E-state index is 9.57. The third kappa shape index (κ3) is 3.12. The minimum absolute atomic E-state index is 0.454. The summed E-state index contributed by atoms with van der Waals surface area (Å²) in [6.07, 6.45) is 8.72. The summed E-state index contributed by atoms with van der Waals surface area (Å²) in [6.45, 7) is 0. The second-order valence-electron chi connectivity index (χ2n) is 6.63. The van der Waals surface area contributed by atoms with E-state index >= 15 is 0 Å². The van der Waals surface area contributed by atoms with Crippen LogP contribution in [0.3, 0.4) is 0 Å². The Morgan fingerprint density at radius 1 is 0.769 bits per heavy atom. The van der Waals surface area contributed by atoms with Crippen LogP contribution in [-0.2, 0) is 25.7 Å². The van der Waals surface area contributed by atoms with E-state index in [0.717, 1.165) is 59.7 Å². The van der Waals surface area contributed by atoms with Crippen molar-refractivity contribution in [3.05, 3.63) is 32.0 Å². The maximum absolute atomic E-state index is 9.57. The molecule has 0 bridgehead atoms. The highest BCUT2D eigenvalue weighted by Crippen LogP contribution is 2.39. The number of thiocarbonyl (C=S) groups is 1. The van der Waals surface area contributed by atoms with Gasteiger partial charge in [-0.2, -0.15) is 10.5 Å². The van der Waals surface area contributed by atoms with Crippen LogP contribution in [0.25, 0.3) is 0 Å². The largest absolute Gasteiger partial charge is 0.323 e. The van der Waals surface area contributed by atoms with Gasteiger partial charge in [0.25, 0.3) is 0 Å². The highest BCUT2D eigenvalue weighted by Gasteiger charge is 2.23. The van der Waals surface area contributed by atoms with Crippen molar-refractivity contribution in [3.8, 4) is 12.1 Å². The molecule has 0 aromatic carbocycles. The van der Waals surface area contributed by atoms with E-state index in [1.54, 1.807) is 22.7 Å². The number of rotatable bonds is 2. The molecule has 26 heavy (non-hydrogen) atoms. The smallest absolute Gasteiger partial charge is 0.176 e. The number of nitrogens with zero attached hydrogens (tertiary/aromatic N) is 2. The van der Waals surface area contributed by atoms with Gasteiger partial charge in [0.05, 0.1) is 11.1 Å². The van der Waals surface area contributed by atoms with Crippen molar-refractivity contribution in [1.29, 1.82) is 10.5 Å². The summed E-state index contributed by atoms with van der Waals surface area (Å²) in [5, 5.41) is 27.7. The van der Waals surface area contributed by atoms with E-state index in [0.29, 0.717) is 5.11 Å². The van der Waals surface area contributed by atoms with Crippen LogP contribution in [-0.4, -0.2) is 5.11 Å². The molecule has 2 aliphatic rings. The zero-order chi connectivity index (χ0) is 18.1. The normalized spacial score (nSPS) is 15.3. The van der Waals surface area contributed by atoms with Crippen LogP contribution < -0.4 is 10.6 Å². The lowest BCUT2D eigenvalue weighted by molar-refractivity contribution is 0.696. The fourth-order valence-electron chi connectivity index (χ4n) is 3.78. The van der Waals surface area contributed by atoms with Crippen LogP contribution in [0.15, 0.2) is 0 Å². The van der Waals surface area contributed by atoms with Crippen LogP contribution >= 0.6 is 34.9 Å². The quantitative estimate of drug-likeness (QED) is 0.687. The fourth-order valence-corrected chi connectivity index (χ4v) is 6.60. The molecule has 2 heterocycles. The van der Waals surface area contributed by atoms with Crippen molar-refractivity contribution >= 4 is 50.0 Å². The Bertz CT molecular complexity index is 879. The molecule has 0 aliphatic heterocycles. The zero-order valence-corrected chi connectivity index (χ0v) is 16.7. The van der Waals surface area contributed by atoms with Crippen LogP contribution in [0.1, 0.15) is 57.7 Å². The molecule has 7 heteroatoms. The lowest BCUT2D eigenvalue weighted by Crippen LogP contribution is -2.19. The van der Waals surface area contributed by atoms with Gasteiger partial charge in [0.1, 0.15) is 22.1 Å². The first-order chi connectivity index (χ1) is 12.7. The molecule has 0 unspecified atom stereocenters. The number of fused-ring (bicyclic) bond motifs is 2. The van der Waals surface area contributed by atoms with E-state index in [2.05, 4.69) is 22.8 Å². The Kier molecular flexibility index (Phi) is 4.95. The van der Waals surface area contributed by atoms with Crippen molar-refractivity contribution in [2.24, 2.45) is 0 Å². The van der Waals surface area contributed by atoms with E-state index < -0.39 is 0 Å². The van der Waals surface area contributed by atoms with Gasteiger partial charge in [0, 0.05) is 9.75 Å². The Morgan fingerprint density at radius 2 is 1.19 bits per heavy atom. The molecule has 4 nitrogen and oxygen atoms in total. The topological polar surface area (TPSA) is 71.6 Å². The minimum Gasteiger partial charge on any atom is -0.323 e. The summed E-state index contributed by atoms with van der Waals surface area (Å²) in [6, 6.07) is 4.69. The van der Waals surface area contributed by atoms with Crippen molar-refractivity contribution in [2.75, 3.05) is 10.6 Å². The number of hydrogen-bond acceptors (Lipinski definition) is 5. The number of thiophene rings is 2. The SMILES string of the molecule is N#Cc1c(NC(=S)Nc2sc3c(c2C#N)CCCC3)sc2c1CCCC2. The number of aryl methyl sites for hydroxylation is 2. The molecule has 2 aromatic heterocycles. The monoisotopic (exact) mass is 398 g/mol. The molecule has 0 atom stereocenters. The lowest BCUT2D eigenvalue weighted by Gasteiger charge is -2.10. The van der Waals surface area contributed by atoms with Gasteiger partial charge in [-0.3, -0.25) is 0 Å². The standard InChI is InChI=1S/C19H18N4S3/c20-9-13-11-5-1-3-7-15(11)25-17(13)22-19(24)23-18-14(10-21)12-6-2-4-8-16(12)26-18/h1-8H2,(H2,22,23,24). The van der Waals surface area contributed by atoms with E-state index in [1.165, 1.54) is 33.7 Å². The molecule has 4 rings (SSSR count). The second-order valence-corrected chi connectivity index (χ2v) is 9.25. The number of nitriles is 2. The summed E-state index contributed by atoms with van der Waals surface area (Å²) in [5.41, 5.74) is 3.86. The molecule has 0 amide bonds. The average Bonchev–Trinajstić information content (AvgIpc) is 3.17. The van der Waals surface area contributed by atoms with E-state index in [1.807, 2.05) is 0 Å². The molecule has 0 saturated carbocycles. The number of anilines is 2. The van der Waals surface area contributed by atoms with E-state index in [4.69, 9.17) is 12.2 Å². The Balaban J connectivity index is 1.56. The third-order valence-corrected chi connectivity index (χ3v) is 7.64.